The molecule has 0 aliphatic carbocycles. The Kier molecular flexibility index (Phi) is 2.45. The van der Waals surface area contributed by atoms with Gasteiger partial charge in [0.05, 0.1) is 14.2 Å². The Balaban J connectivity index is 2.00. The number of hydrogen-bond donors (Lipinski definition) is 1. The molecule has 2 saturated heterocycles. The first-order chi connectivity index (χ1) is 8.68. The molecule has 5 heteroatoms. The van der Waals surface area contributed by atoms with Crippen molar-refractivity contribution in [2.24, 2.45) is 0 Å². The van der Waals surface area contributed by atoms with Crippen LogP contribution in [0.25, 0.3) is 0 Å². The van der Waals surface area contributed by atoms with Gasteiger partial charge in [-0.1, -0.05) is 6.07 Å². The third-order valence-corrected chi connectivity index (χ3v) is 3.66. The van der Waals surface area contributed by atoms with Crippen LogP contribution in [0, 0.1) is 0 Å². The van der Waals surface area contributed by atoms with Crippen molar-refractivity contribution in [3.63, 3.8) is 0 Å². The van der Waals surface area contributed by atoms with Crippen molar-refractivity contribution in [1.82, 2.24) is 5.32 Å². The highest BCUT2D eigenvalue weighted by Crippen LogP contribution is 2.43. The first-order valence-electron chi connectivity index (χ1n) is 5.87. The van der Waals surface area contributed by atoms with Gasteiger partial charge in [0, 0.05) is 18.5 Å². The van der Waals surface area contributed by atoms with E-state index in [1.165, 1.54) is 0 Å². The molecule has 0 amide bonds. The maximum absolute atomic E-state index is 11.6. The molecule has 2 aliphatic heterocycles. The van der Waals surface area contributed by atoms with Gasteiger partial charge in [-0.2, -0.15) is 0 Å². The van der Waals surface area contributed by atoms with Crippen LogP contribution < -0.4 is 14.8 Å². The number of methoxy groups -OCH3 is 2. The van der Waals surface area contributed by atoms with Crippen molar-refractivity contribution in [3.05, 3.63) is 23.8 Å². The van der Waals surface area contributed by atoms with E-state index in [0.29, 0.717) is 24.5 Å². The quantitative estimate of drug-likeness (QED) is 0.804. The molecule has 2 fully saturated rings. The molecule has 0 radical (unpaired) electrons. The number of ether oxygens (including phenoxy) is 3. The highest BCUT2D eigenvalue weighted by Gasteiger charge is 2.53. The van der Waals surface area contributed by atoms with E-state index in [-0.39, 0.29) is 12.0 Å². The maximum Gasteiger partial charge on any atom is 0.324 e. The van der Waals surface area contributed by atoms with Gasteiger partial charge in [-0.3, -0.25) is 10.1 Å². The predicted molar refractivity (Wildman–Crippen MR) is 63.7 cm³/mol. The minimum atomic E-state index is -0.540. The lowest BCUT2D eigenvalue weighted by Crippen LogP contribution is -2.40. The molecule has 5 nitrogen and oxygen atoms in total. The molecular formula is C13H15NO4. The van der Waals surface area contributed by atoms with Gasteiger partial charge in [0.1, 0.15) is 6.04 Å². The smallest absolute Gasteiger partial charge is 0.324 e. The summed E-state index contributed by atoms with van der Waals surface area (Å²) in [5.41, 5.74) is 0.405. The first kappa shape index (κ1) is 11.3. The number of hydrogen-bond acceptors (Lipinski definition) is 5. The normalized spacial score (nSPS) is 29.2. The number of esters is 1. The predicted octanol–water partition coefficient (Wildman–Crippen LogP) is 0.818. The molecule has 96 valence electrons. The molecule has 1 aromatic rings. The van der Waals surface area contributed by atoms with Crippen LogP contribution in [0.5, 0.6) is 11.5 Å². The standard InChI is InChI=1S/C13H15NO4/c1-16-10-4-3-8(5-11(10)17-2)13-6-9(14-7-13)12(15)18-13/h3-5,9,14H,6-7H2,1-2H3. The van der Waals surface area contributed by atoms with Crippen molar-refractivity contribution in [2.45, 2.75) is 18.1 Å². The van der Waals surface area contributed by atoms with E-state index >= 15 is 0 Å². The Morgan fingerprint density at radius 2 is 2.11 bits per heavy atom. The van der Waals surface area contributed by atoms with Gasteiger partial charge in [0.2, 0.25) is 0 Å². The van der Waals surface area contributed by atoms with E-state index in [1.54, 1.807) is 14.2 Å². The number of benzene rings is 1. The molecule has 2 atom stereocenters. The summed E-state index contributed by atoms with van der Waals surface area (Å²) in [7, 11) is 3.19. The van der Waals surface area contributed by atoms with Crippen molar-refractivity contribution in [1.29, 1.82) is 0 Å². The Morgan fingerprint density at radius 3 is 2.67 bits per heavy atom. The molecule has 2 unspecified atom stereocenters. The Hall–Kier alpha value is -1.75. The van der Waals surface area contributed by atoms with Crippen molar-refractivity contribution < 1.29 is 19.0 Å². The summed E-state index contributed by atoms with van der Waals surface area (Å²) in [6, 6.07) is 5.46. The lowest BCUT2D eigenvalue weighted by atomic mass is 9.92. The van der Waals surface area contributed by atoms with Crippen LogP contribution in [0.3, 0.4) is 0 Å². The number of nitrogens with one attached hydrogen (secondary N) is 1. The fourth-order valence-electron chi connectivity index (χ4n) is 2.67. The van der Waals surface area contributed by atoms with Crippen LogP contribution in [0.2, 0.25) is 0 Å². The summed E-state index contributed by atoms with van der Waals surface area (Å²) in [6.07, 6.45) is 0.682. The lowest BCUT2D eigenvalue weighted by molar-refractivity contribution is -0.153. The number of carbonyl (C=O) groups excluding carboxylic acids is 1. The average molecular weight is 249 g/mol. The zero-order chi connectivity index (χ0) is 12.8. The van der Waals surface area contributed by atoms with E-state index in [9.17, 15) is 4.79 Å². The molecule has 2 heterocycles. The van der Waals surface area contributed by atoms with Crippen LogP contribution in [-0.2, 0) is 15.1 Å². The van der Waals surface area contributed by atoms with E-state index in [1.807, 2.05) is 18.2 Å². The molecule has 0 saturated carbocycles. The maximum atomic E-state index is 11.6. The van der Waals surface area contributed by atoms with Gasteiger partial charge < -0.3 is 14.2 Å². The Bertz CT molecular complexity index is 502. The number of fused-ring (bicyclic) bond motifs is 2. The topological polar surface area (TPSA) is 56.8 Å². The zero-order valence-corrected chi connectivity index (χ0v) is 10.4. The third kappa shape index (κ3) is 1.47. The molecule has 0 aromatic heterocycles. The Labute approximate surface area is 105 Å². The van der Waals surface area contributed by atoms with E-state index in [2.05, 4.69) is 5.32 Å². The second kappa shape index (κ2) is 3.88. The largest absolute Gasteiger partial charge is 0.493 e. The van der Waals surface area contributed by atoms with Gasteiger partial charge in [-0.15, -0.1) is 0 Å². The second-order valence-corrected chi connectivity index (χ2v) is 4.62. The SMILES string of the molecule is COc1ccc(C23CNC(C2)C(=O)O3)cc1OC. The average Bonchev–Trinajstić information content (AvgIpc) is 2.96. The van der Waals surface area contributed by atoms with Crippen molar-refractivity contribution in [2.75, 3.05) is 20.8 Å². The van der Waals surface area contributed by atoms with Crippen molar-refractivity contribution in [3.8, 4) is 11.5 Å². The number of carbonyl (C=O) groups is 1. The van der Waals surface area contributed by atoms with E-state index < -0.39 is 5.60 Å². The highest BCUT2D eigenvalue weighted by atomic mass is 16.6. The molecule has 2 bridgehead atoms. The zero-order valence-electron chi connectivity index (χ0n) is 10.4. The van der Waals surface area contributed by atoms with Crippen LogP contribution >= 0.6 is 0 Å². The highest BCUT2D eigenvalue weighted by molar-refractivity contribution is 5.80. The molecular weight excluding hydrogens is 234 g/mol. The van der Waals surface area contributed by atoms with E-state index in [4.69, 9.17) is 14.2 Å². The molecule has 2 aliphatic rings. The summed E-state index contributed by atoms with van der Waals surface area (Å²) < 4.78 is 16.0. The minimum Gasteiger partial charge on any atom is -0.493 e. The fraction of sp³-hybridized carbons (Fsp3) is 0.462. The summed E-state index contributed by atoms with van der Waals surface area (Å²) in [6.45, 7) is 0.652. The fourth-order valence-corrected chi connectivity index (χ4v) is 2.67. The third-order valence-electron chi connectivity index (χ3n) is 3.66. The first-order valence-corrected chi connectivity index (χ1v) is 5.87. The van der Waals surface area contributed by atoms with Crippen molar-refractivity contribution >= 4 is 5.97 Å². The van der Waals surface area contributed by atoms with Gasteiger partial charge in [0.25, 0.3) is 0 Å². The summed E-state index contributed by atoms with van der Waals surface area (Å²) in [4.78, 5) is 11.6. The monoisotopic (exact) mass is 249 g/mol. The summed E-state index contributed by atoms with van der Waals surface area (Å²) in [5, 5.41) is 3.16. The molecule has 3 rings (SSSR count). The van der Waals surface area contributed by atoms with Crippen LogP contribution in [0.4, 0.5) is 0 Å². The molecule has 0 spiro atoms. The second-order valence-electron chi connectivity index (χ2n) is 4.62. The number of morpholine rings is 1. The molecule has 1 N–H and O–H groups in total. The molecule has 18 heavy (non-hydrogen) atoms. The lowest BCUT2D eigenvalue weighted by Gasteiger charge is -2.27. The van der Waals surface area contributed by atoms with Gasteiger partial charge >= 0.3 is 5.97 Å². The summed E-state index contributed by atoms with van der Waals surface area (Å²) >= 11 is 0. The van der Waals surface area contributed by atoms with Gasteiger partial charge in [-0.25, -0.2) is 0 Å². The van der Waals surface area contributed by atoms with Crippen LogP contribution in [-0.4, -0.2) is 32.8 Å². The molecule has 1 aromatic carbocycles. The number of rotatable bonds is 3. The van der Waals surface area contributed by atoms with Gasteiger partial charge in [0.15, 0.2) is 17.1 Å². The minimum absolute atomic E-state index is 0.168. The van der Waals surface area contributed by atoms with Gasteiger partial charge in [-0.05, 0) is 12.1 Å². The Morgan fingerprint density at radius 1 is 1.33 bits per heavy atom. The summed E-state index contributed by atoms with van der Waals surface area (Å²) in [5.74, 6) is 1.15. The van der Waals surface area contributed by atoms with Crippen LogP contribution in [0.15, 0.2) is 18.2 Å². The van der Waals surface area contributed by atoms with Crippen LogP contribution in [0.1, 0.15) is 12.0 Å². The van der Waals surface area contributed by atoms with E-state index in [0.717, 1.165) is 5.56 Å².